The van der Waals surface area contributed by atoms with Crippen LogP contribution in [0.3, 0.4) is 0 Å². The number of alkyl halides is 1. The number of benzene rings is 2. The van der Waals surface area contributed by atoms with Gasteiger partial charge in [0.15, 0.2) is 0 Å². The molecular weight excluding hydrogens is 413 g/mol. The van der Waals surface area contributed by atoms with Crippen molar-refractivity contribution in [2.24, 2.45) is 5.73 Å². The van der Waals surface area contributed by atoms with Gasteiger partial charge < -0.3 is 21.5 Å². The second kappa shape index (κ2) is 8.80. The summed E-state index contributed by atoms with van der Waals surface area (Å²) in [6.45, 7) is 2.46. The van der Waals surface area contributed by atoms with Gasteiger partial charge in [-0.05, 0) is 30.5 Å². The lowest BCUT2D eigenvalue weighted by Gasteiger charge is -2.13. The van der Waals surface area contributed by atoms with Gasteiger partial charge >= 0.3 is 0 Å². The number of aryl methyl sites for hydroxylation is 1. The smallest absolute Gasteiger partial charge is 0.254 e. The fraction of sp³-hybridized carbons (Fsp3) is 0.261. The van der Waals surface area contributed by atoms with Crippen molar-refractivity contribution in [3.8, 4) is 11.3 Å². The number of nitrogens with two attached hydrogens (primary N) is 2. The van der Waals surface area contributed by atoms with Gasteiger partial charge in [0, 0.05) is 17.7 Å². The third-order valence-electron chi connectivity index (χ3n) is 5.57. The molecule has 0 bridgehead atoms. The highest BCUT2D eigenvalue weighted by atomic mass is 19.1. The van der Waals surface area contributed by atoms with Crippen LogP contribution in [-0.4, -0.2) is 34.6 Å². The second-order valence-corrected chi connectivity index (χ2v) is 7.69. The van der Waals surface area contributed by atoms with Gasteiger partial charge in [-0.25, -0.2) is 9.07 Å². The Bertz CT molecular complexity index is 1160. The number of aromatic nitrogens is 2. The fourth-order valence-electron chi connectivity index (χ4n) is 3.81. The molecule has 2 amide bonds. The molecule has 1 saturated heterocycles. The van der Waals surface area contributed by atoms with Crippen molar-refractivity contribution in [1.82, 2.24) is 15.1 Å². The van der Waals surface area contributed by atoms with E-state index in [2.05, 4.69) is 10.4 Å². The highest BCUT2D eigenvalue weighted by Gasteiger charge is 2.34. The largest absolute Gasteiger partial charge is 0.383 e. The number of nitrogens with zero attached hydrogens (tertiary/aromatic N) is 2. The number of hydrogen-bond donors (Lipinski definition) is 3. The minimum Gasteiger partial charge on any atom is -0.383 e. The predicted molar refractivity (Wildman–Crippen MR) is 117 cm³/mol. The van der Waals surface area contributed by atoms with Gasteiger partial charge in [0.25, 0.3) is 11.8 Å². The molecule has 1 aliphatic heterocycles. The molecule has 1 aromatic heterocycles. The van der Waals surface area contributed by atoms with E-state index >= 15 is 0 Å². The lowest BCUT2D eigenvalue weighted by atomic mass is 10.0. The molecule has 1 fully saturated rings. The number of amides is 2. The first-order valence-electron chi connectivity index (χ1n) is 10.2. The molecule has 2 atom stereocenters. The van der Waals surface area contributed by atoms with E-state index in [1.807, 2.05) is 37.3 Å². The minimum atomic E-state index is -1.55. The van der Waals surface area contributed by atoms with E-state index in [9.17, 15) is 14.0 Å². The quantitative estimate of drug-likeness (QED) is 0.547. The van der Waals surface area contributed by atoms with Crippen molar-refractivity contribution in [2.75, 3.05) is 12.3 Å². The van der Waals surface area contributed by atoms with E-state index in [-0.39, 0.29) is 29.6 Å². The summed E-state index contributed by atoms with van der Waals surface area (Å²) in [5.74, 6) is -0.887. The summed E-state index contributed by atoms with van der Waals surface area (Å²) >= 11 is 0. The fourth-order valence-corrected chi connectivity index (χ4v) is 3.81. The summed E-state index contributed by atoms with van der Waals surface area (Å²) in [5, 5.41) is 7.28. The standard InChI is InChI=1S/C23H24FN5O3/c1-13-4-2-3-5-16(13)23(31)27-12-14-6-8-15(9-7-14)19-18(22(26)30)21(25)29(28-19)17-10-11-32-20(17)24/h2-9,17,20H,10-12,25H2,1H3,(H2,26,30)(H,27,31)/t17-,20+/m0/s1. The Hall–Kier alpha value is -3.72. The van der Waals surface area contributed by atoms with Gasteiger partial charge in [0.1, 0.15) is 23.1 Å². The molecule has 3 aromatic rings. The number of hydrogen-bond acceptors (Lipinski definition) is 5. The molecular formula is C23H24FN5O3. The van der Waals surface area contributed by atoms with E-state index in [4.69, 9.17) is 16.2 Å². The van der Waals surface area contributed by atoms with Crippen molar-refractivity contribution in [3.05, 3.63) is 70.8 Å². The van der Waals surface area contributed by atoms with Crippen LogP contribution < -0.4 is 16.8 Å². The Morgan fingerprint density at radius 3 is 2.56 bits per heavy atom. The molecule has 5 N–H and O–H groups in total. The molecule has 32 heavy (non-hydrogen) atoms. The number of primary amides is 1. The first kappa shape index (κ1) is 21.5. The highest BCUT2D eigenvalue weighted by Crippen LogP contribution is 2.34. The molecule has 0 unspecified atom stereocenters. The zero-order valence-corrected chi connectivity index (χ0v) is 17.5. The SMILES string of the molecule is Cc1ccccc1C(=O)NCc1ccc(-c2nn([C@H]3CCO[C@H]3F)c(N)c2C(N)=O)cc1. The van der Waals surface area contributed by atoms with Crippen molar-refractivity contribution < 1.29 is 18.7 Å². The maximum absolute atomic E-state index is 14.1. The number of anilines is 1. The topological polar surface area (TPSA) is 125 Å². The van der Waals surface area contributed by atoms with Crippen LogP contribution in [0.1, 0.15) is 44.3 Å². The van der Waals surface area contributed by atoms with Crippen LogP contribution in [0.25, 0.3) is 11.3 Å². The molecule has 2 aromatic carbocycles. The first-order chi connectivity index (χ1) is 15.4. The molecule has 0 aliphatic carbocycles. The summed E-state index contributed by atoms with van der Waals surface area (Å²) in [7, 11) is 0. The second-order valence-electron chi connectivity index (χ2n) is 7.69. The number of nitrogens with one attached hydrogen (secondary N) is 1. The van der Waals surface area contributed by atoms with E-state index < -0.39 is 18.3 Å². The van der Waals surface area contributed by atoms with E-state index in [1.54, 1.807) is 18.2 Å². The van der Waals surface area contributed by atoms with Crippen LogP contribution in [0.5, 0.6) is 0 Å². The van der Waals surface area contributed by atoms with Crippen molar-refractivity contribution >= 4 is 17.6 Å². The predicted octanol–water partition coefficient (Wildman–Crippen LogP) is 2.73. The molecule has 2 heterocycles. The summed E-state index contributed by atoms with van der Waals surface area (Å²) < 4.78 is 20.3. The maximum atomic E-state index is 14.1. The van der Waals surface area contributed by atoms with Gasteiger partial charge in [0.05, 0.1) is 6.61 Å². The van der Waals surface area contributed by atoms with Crippen molar-refractivity contribution in [1.29, 1.82) is 0 Å². The van der Waals surface area contributed by atoms with Crippen LogP contribution in [-0.2, 0) is 11.3 Å². The Morgan fingerprint density at radius 2 is 1.94 bits per heavy atom. The van der Waals surface area contributed by atoms with Gasteiger partial charge in [-0.3, -0.25) is 9.59 Å². The summed E-state index contributed by atoms with van der Waals surface area (Å²) in [6.07, 6.45) is -1.16. The molecule has 0 saturated carbocycles. The molecule has 8 nitrogen and oxygen atoms in total. The van der Waals surface area contributed by atoms with E-state index in [0.717, 1.165) is 11.1 Å². The lowest BCUT2D eigenvalue weighted by molar-refractivity contribution is -0.0129. The zero-order valence-electron chi connectivity index (χ0n) is 17.5. The summed E-state index contributed by atoms with van der Waals surface area (Å²) in [6, 6.07) is 13.8. The lowest BCUT2D eigenvalue weighted by Crippen LogP contribution is -2.23. The molecule has 9 heteroatoms. The number of carbonyl (C=O) groups is 2. The molecule has 4 rings (SSSR count). The first-order valence-corrected chi connectivity index (χ1v) is 10.2. The molecule has 0 spiro atoms. The van der Waals surface area contributed by atoms with Crippen LogP contribution in [0.2, 0.25) is 0 Å². The number of ether oxygens (including phenoxy) is 1. The third kappa shape index (κ3) is 4.06. The normalized spacial score (nSPS) is 17.9. The highest BCUT2D eigenvalue weighted by molar-refractivity contribution is 6.03. The number of nitrogen functional groups attached to an aromatic ring is 1. The third-order valence-corrected chi connectivity index (χ3v) is 5.57. The van der Waals surface area contributed by atoms with Crippen LogP contribution in [0, 0.1) is 6.92 Å². The number of halogens is 1. The minimum absolute atomic E-state index is 0.0141. The molecule has 166 valence electrons. The van der Waals surface area contributed by atoms with Crippen LogP contribution in [0.15, 0.2) is 48.5 Å². The van der Waals surface area contributed by atoms with Gasteiger partial charge in [0.2, 0.25) is 6.36 Å². The number of carbonyl (C=O) groups excluding carboxylic acids is 2. The van der Waals surface area contributed by atoms with Crippen molar-refractivity contribution in [3.63, 3.8) is 0 Å². The molecule has 1 aliphatic rings. The van der Waals surface area contributed by atoms with E-state index in [1.165, 1.54) is 4.68 Å². The monoisotopic (exact) mass is 437 g/mol. The van der Waals surface area contributed by atoms with Gasteiger partial charge in [-0.15, -0.1) is 0 Å². The van der Waals surface area contributed by atoms with Gasteiger partial charge in [-0.2, -0.15) is 5.10 Å². The average Bonchev–Trinajstić information content (AvgIpc) is 3.35. The summed E-state index contributed by atoms with van der Waals surface area (Å²) in [4.78, 5) is 24.5. The van der Waals surface area contributed by atoms with Crippen molar-refractivity contribution in [2.45, 2.75) is 32.3 Å². The van der Waals surface area contributed by atoms with Crippen LogP contribution >= 0.6 is 0 Å². The zero-order chi connectivity index (χ0) is 22.8. The Labute approximate surface area is 184 Å². The van der Waals surface area contributed by atoms with Crippen LogP contribution in [0.4, 0.5) is 10.2 Å². The molecule has 0 radical (unpaired) electrons. The average molecular weight is 437 g/mol. The van der Waals surface area contributed by atoms with E-state index in [0.29, 0.717) is 24.1 Å². The Balaban J connectivity index is 1.54. The van der Waals surface area contributed by atoms with Gasteiger partial charge in [-0.1, -0.05) is 42.5 Å². The maximum Gasteiger partial charge on any atom is 0.254 e. The summed E-state index contributed by atoms with van der Waals surface area (Å²) in [5.41, 5.74) is 14.9. The Morgan fingerprint density at radius 1 is 1.22 bits per heavy atom. The Kier molecular flexibility index (Phi) is 5.91. The number of rotatable bonds is 6.